The molecule has 1 aromatic rings. The molecule has 0 radical (unpaired) electrons. The monoisotopic (exact) mass is 364 g/mol. The molecule has 0 saturated carbocycles. The Morgan fingerprint density at radius 2 is 0.905 bits per heavy atom. The summed E-state index contributed by atoms with van der Waals surface area (Å²) >= 11 is -0.937. The van der Waals surface area contributed by atoms with Crippen LogP contribution in [-0.2, 0) is 18.9 Å². The molecule has 114 valence electrons. The Balaban J connectivity index is 3.71. The van der Waals surface area contributed by atoms with E-state index in [9.17, 15) is 19.2 Å². The van der Waals surface area contributed by atoms with E-state index >= 15 is 0 Å². The number of methoxy groups -OCH3 is 4. The number of hydrogen-bond acceptors (Lipinski definition) is 8. The first-order chi connectivity index (χ1) is 9.92. The maximum atomic E-state index is 11.9. The molecule has 21 heavy (non-hydrogen) atoms. The molecule has 1 rings (SSSR count). The average Bonchev–Trinajstić information content (AvgIpc) is 2.91. The van der Waals surface area contributed by atoms with E-state index < -0.39 is 38.4 Å². The Morgan fingerprint density at radius 1 is 0.619 bits per heavy atom. The van der Waals surface area contributed by atoms with Gasteiger partial charge in [0.25, 0.3) is 0 Å². The van der Waals surface area contributed by atoms with Gasteiger partial charge in [0.05, 0.1) is 0 Å². The van der Waals surface area contributed by atoms with Crippen molar-refractivity contribution in [2.45, 2.75) is 0 Å². The van der Waals surface area contributed by atoms with Crippen LogP contribution in [0.5, 0.6) is 0 Å². The predicted octanol–water partition coefficient (Wildman–Crippen LogP) is -0.110. The minimum absolute atomic E-state index is 0.0994. The summed E-state index contributed by atoms with van der Waals surface area (Å²) < 4.78 is 18.0. The van der Waals surface area contributed by atoms with Crippen LogP contribution in [0, 0.1) is 0 Å². The van der Waals surface area contributed by atoms with E-state index in [4.69, 9.17) is 0 Å². The topological polar surface area (TPSA) is 105 Å². The molecule has 1 aromatic heterocycles. The zero-order valence-corrected chi connectivity index (χ0v) is 13.4. The van der Waals surface area contributed by atoms with Crippen LogP contribution in [0.3, 0.4) is 0 Å². The molecule has 0 aliphatic carbocycles. The number of hydrogen-bond donors (Lipinski definition) is 0. The first-order valence-corrected chi connectivity index (χ1v) is 7.14. The zero-order chi connectivity index (χ0) is 16.2. The third-order valence-corrected chi connectivity index (χ3v) is 4.84. The molecule has 1 heterocycles. The van der Waals surface area contributed by atoms with Crippen LogP contribution in [0.2, 0.25) is 0 Å². The maximum absolute atomic E-state index is 11.9. The quantitative estimate of drug-likeness (QED) is 0.415. The Bertz CT molecular complexity index is 550. The molecule has 0 unspecified atom stereocenters. The minimum atomic E-state index is -0.937. The number of carbonyl (C=O) groups is 4. The third-order valence-electron chi connectivity index (χ3n) is 2.43. The standard InChI is InChI=1S/C12H12O8Se/c1-17-9(13)5-6(10(14)18-2)8(12(16)20-4)21-7(5)11(15)19-3/h1-4H3. The Kier molecular flexibility index (Phi) is 5.69. The molecular weight excluding hydrogens is 351 g/mol. The van der Waals surface area contributed by atoms with Crippen molar-refractivity contribution in [1.82, 2.24) is 0 Å². The zero-order valence-electron chi connectivity index (χ0n) is 11.7. The van der Waals surface area contributed by atoms with E-state index in [1.54, 1.807) is 0 Å². The molecule has 0 saturated heterocycles. The van der Waals surface area contributed by atoms with Crippen LogP contribution in [0.1, 0.15) is 39.2 Å². The SMILES string of the molecule is COC(=O)c1[se]c(C(=O)OC)c(C(=O)OC)c1C(=O)OC. The predicted molar refractivity (Wildman–Crippen MR) is 68.7 cm³/mol. The molecule has 0 aliphatic heterocycles. The van der Waals surface area contributed by atoms with Crippen molar-refractivity contribution in [3.05, 3.63) is 20.0 Å². The summed E-state index contributed by atoms with van der Waals surface area (Å²) in [7, 11) is 4.41. The first-order valence-electron chi connectivity index (χ1n) is 5.42. The van der Waals surface area contributed by atoms with Gasteiger partial charge in [-0.25, -0.2) is 0 Å². The van der Waals surface area contributed by atoms with Crippen LogP contribution < -0.4 is 0 Å². The summed E-state index contributed by atoms with van der Waals surface area (Å²) in [5.41, 5.74) is -0.645. The van der Waals surface area contributed by atoms with Crippen LogP contribution >= 0.6 is 0 Å². The fourth-order valence-corrected chi connectivity index (χ4v) is 3.83. The van der Waals surface area contributed by atoms with Gasteiger partial charge >= 0.3 is 125 Å². The van der Waals surface area contributed by atoms with Gasteiger partial charge in [0, 0.05) is 0 Å². The summed E-state index contributed by atoms with van der Waals surface area (Å²) in [6.07, 6.45) is 0. The molecule has 9 heteroatoms. The summed E-state index contributed by atoms with van der Waals surface area (Å²) in [4.78, 5) is 47.2. The first kappa shape index (κ1) is 16.9. The van der Waals surface area contributed by atoms with E-state index in [2.05, 4.69) is 18.9 Å². The van der Waals surface area contributed by atoms with Gasteiger partial charge in [-0.05, 0) is 0 Å². The average molecular weight is 363 g/mol. The van der Waals surface area contributed by atoms with E-state index in [-0.39, 0.29) is 20.0 Å². The van der Waals surface area contributed by atoms with Gasteiger partial charge in [0.15, 0.2) is 0 Å². The third kappa shape index (κ3) is 3.14. The second kappa shape index (κ2) is 7.05. The van der Waals surface area contributed by atoms with Crippen LogP contribution in [0.25, 0.3) is 0 Å². The fraction of sp³-hybridized carbons (Fsp3) is 0.333. The van der Waals surface area contributed by atoms with Crippen molar-refractivity contribution < 1.29 is 38.1 Å². The second-order valence-electron chi connectivity index (χ2n) is 3.48. The van der Waals surface area contributed by atoms with E-state index in [1.165, 1.54) is 0 Å². The second-order valence-corrected chi connectivity index (χ2v) is 5.62. The number of esters is 4. The van der Waals surface area contributed by atoms with Gasteiger partial charge in [0.1, 0.15) is 0 Å². The van der Waals surface area contributed by atoms with Crippen molar-refractivity contribution in [3.63, 3.8) is 0 Å². The van der Waals surface area contributed by atoms with Gasteiger partial charge in [-0.1, -0.05) is 0 Å². The summed E-state index contributed by atoms with van der Waals surface area (Å²) in [5.74, 6) is -3.51. The molecule has 0 amide bonds. The van der Waals surface area contributed by atoms with Gasteiger partial charge in [-0.3, -0.25) is 0 Å². The Morgan fingerprint density at radius 3 is 1.14 bits per heavy atom. The molecule has 8 nitrogen and oxygen atoms in total. The molecule has 0 aromatic carbocycles. The number of rotatable bonds is 4. The normalized spacial score (nSPS) is 9.71. The number of ether oxygens (including phenoxy) is 4. The van der Waals surface area contributed by atoms with Crippen molar-refractivity contribution in [2.24, 2.45) is 0 Å². The molecule has 0 bridgehead atoms. The summed E-state index contributed by atoms with van der Waals surface area (Å²) in [6.45, 7) is 0. The Labute approximate surface area is 125 Å². The van der Waals surface area contributed by atoms with E-state index in [0.29, 0.717) is 0 Å². The molecule has 0 atom stereocenters. The van der Waals surface area contributed by atoms with Gasteiger partial charge in [-0.2, -0.15) is 0 Å². The summed E-state index contributed by atoms with van der Waals surface area (Å²) in [5, 5.41) is 0. The molecule has 0 fully saturated rings. The van der Waals surface area contributed by atoms with Crippen molar-refractivity contribution in [3.8, 4) is 0 Å². The molecule has 0 aliphatic rings. The number of carbonyl (C=O) groups excluding carboxylic acids is 4. The van der Waals surface area contributed by atoms with Crippen molar-refractivity contribution in [2.75, 3.05) is 28.4 Å². The van der Waals surface area contributed by atoms with Crippen LogP contribution in [0.15, 0.2) is 0 Å². The van der Waals surface area contributed by atoms with Gasteiger partial charge < -0.3 is 0 Å². The summed E-state index contributed by atoms with van der Waals surface area (Å²) in [6, 6.07) is 0. The fourth-order valence-electron chi connectivity index (χ4n) is 1.50. The van der Waals surface area contributed by atoms with E-state index in [0.717, 1.165) is 28.4 Å². The molecule has 0 N–H and O–H groups in total. The molecular formula is C12H12O8Se. The van der Waals surface area contributed by atoms with Gasteiger partial charge in [-0.15, -0.1) is 0 Å². The van der Waals surface area contributed by atoms with Crippen molar-refractivity contribution >= 4 is 38.4 Å². The van der Waals surface area contributed by atoms with Crippen LogP contribution in [0.4, 0.5) is 0 Å². The van der Waals surface area contributed by atoms with Crippen molar-refractivity contribution in [1.29, 1.82) is 0 Å². The molecule has 0 spiro atoms. The Hall–Kier alpha value is -2.12. The van der Waals surface area contributed by atoms with Crippen LogP contribution in [-0.4, -0.2) is 66.8 Å². The van der Waals surface area contributed by atoms with Gasteiger partial charge in [0.2, 0.25) is 0 Å². The van der Waals surface area contributed by atoms with E-state index in [1.807, 2.05) is 0 Å².